The number of rotatable bonds is 4. The van der Waals surface area contributed by atoms with Crippen molar-refractivity contribution >= 4 is 38.5 Å². The molecule has 0 saturated heterocycles. The summed E-state index contributed by atoms with van der Waals surface area (Å²) in [7, 11) is 3.00. The highest BCUT2D eigenvalue weighted by Gasteiger charge is 2.44. The molecule has 1 atom stereocenters. The maximum absolute atomic E-state index is 13.8. The van der Waals surface area contributed by atoms with E-state index in [-0.39, 0.29) is 28.3 Å². The van der Waals surface area contributed by atoms with Crippen molar-refractivity contribution in [3.05, 3.63) is 91.2 Å². The number of phenolic OH excluding ortho intramolecular Hbond substituents is 1. The number of halogens is 1. The Morgan fingerprint density at radius 2 is 1.66 bits per heavy atom. The summed E-state index contributed by atoms with van der Waals surface area (Å²) < 4.78 is 17.1. The second-order valence-corrected chi connectivity index (χ2v) is 9.29. The zero-order valence-electron chi connectivity index (χ0n) is 19.5. The Balaban J connectivity index is 1.83. The monoisotopic (exact) mass is 535 g/mol. The molecule has 0 bridgehead atoms. The first-order valence-corrected chi connectivity index (χ1v) is 11.7. The number of carbonyl (C=O) groups is 1. The Morgan fingerprint density at radius 1 is 0.971 bits per heavy atom. The maximum atomic E-state index is 13.8. The summed E-state index contributed by atoms with van der Waals surface area (Å²) in [6.45, 7) is 3.85. The van der Waals surface area contributed by atoms with Crippen LogP contribution in [0, 0.1) is 13.8 Å². The third-order valence-corrected chi connectivity index (χ3v) is 7.03. The van der Waals surface area contributed by atoms with Gasteiger partial charge in [-0.3, -0.25) is 14.5 Å². The molecular formula is C27H22BrNO6. The van der Waals surface area contributed by atoms with Gasteiger partial charge in [-0.2, -0.15) is 0 Å². The van der Waals surface area contributed by atoms with Crippen LogP contribution in [0.1, 0.15) is 38.9 Å². The van der Waals surface area contributed by atoms with E-state index < -0.39 is 11.9 Å². The number of hydrogen-bond donors (Lipinski definition) is 1. The van der Waals surface area contributed by atoms with Crippen LogP contribution in [0.5, 0.6) is 17.2 Å². The quantitative estimate of drug-likeness (QED) is 0.363. The smallest absolute Gasteiger partial charge is 0.295 e. The van der Waals surface area contributed by atoms with Gasteiger partial charge in [0.05, 0.1) is 35.7 Å². The average Bonchev–Trinajstić information content (AvgIpc) is 3.14. The molecule has 1 aromatic heterocycles. The molecule has 1 aliphatic rings. The number of amides is 1. The van der Waals surface area contributed by atoms with Crippen molar-refractivity contribution in [3.8, 4) is 17.2 Å². The van der Waals surface area contributed by atoms with Crippen LogP contribution in [0.2, 0.25) is 0 Å². The molecule has 3 aromatic carbocycles. The summed E-state index contributed by atoms with van der Waals surface area (Å²) in [4.78, 5) is 29.1. The number of hydrogen-bond acceptors (Lipinski definition) is 6. The lowest BCUT2D eigenvalue weighted by atomic mass is 9.97. The fraction of sp³-hybridized carbons (Fsp3) is 0.185. The van der Waals surface area contributed by atoms with Gasteiger partial charge in [0.15, 0.2) is 16.9 Å². The van der Waals surface area contributed by atoms with Gasteiger partial charge in [-0.25, -0.2) is 0 Å². The zero-order valence-corrected chi connectivity index (χ0v) is 21.1. The Bertz CT molecular complexity index is 1560. The van der Waals surface area contributed by atoms with E-state index in [1.165, 1.54) is 12.0 Å². The number of aromatic hydroxyl groups is 1. The minimum Gasteiger partial charge on any atom is -0.503 e. The molecule has 1 aliphatic heterocycles. The molecule has 7 nitrogen and oxygen atoms in total. The topological polar surface area (TPSA) is 89.2 Å². The molecule has 178 valence electrons. The first-order chi connectivity index (χ1) is 16.7. The Morgan fingerprint density at radius 3 is 2.31 bits per heavy atom. The zero-order chi connectivity index (χ0) is 25.0. The van der Waals surface area contributed by atoms with Crippen molar-refractivity contribution < 1.29 is 23.8 Å². The molecule has 35 heavy (non-hydrogen) atoms. The Labute approximate surface area is 209 Å². The van der Waals surface area contributed by atoms with Crippen LogP contribution in [0.25, 0.3) is 11.0 Å². The van der Waals surface area contributed by atoms with Gasteiger partial charge in [-0.05, 0) is 95.0 Å². The number of ether oxygens (including phenoxy) is 2. The maximum Gasteiger partial charge on any atom is 0.295 e. The minimum atomic E-state index is -0.807. The van der Waals surface area contributed by atoms with E-state index in [1.54, 1.807) is 55.6 Å². The summed E-state index contributed by atoms with van der Waals surface area (Å²) in [5, 5.41) is 10.8. The van der Waals surface area contributed by atoms with E-state index >= 15 is 0 Å². The lowest BCUT2D eigenvalue weighted by Gasteiger charge is -2.26. The number of anilines is 1. The lowest BCUT2D eigenvalue weighted by Crippen LogP contribution is -2.29. The van der Waals surface area contributed by atoms with Crippen LogP contribution < -0.4 is 19.8 Å². The Hall–Kier alpha value is -3.78. The van der Waals surface area contributed by atoms with Gasteiger partial charge in [0.1, 0.15) is 11.3 Å². The van der Waals surface area contributed by atoms with Crippen molar-refractivity contribution in [1.29, 1.82) is 0 Å². The van der Waals surface area contributed by atoms with Crippen LogP contribution >= 0.6 is 15.9 Å². The van der Waals surface area contributed by atoms with E-state index in [9.17, 15) is 14.7 Å². The molecular weight excluding hydrogens is 514 g/mol. The molecule has 0 radical (unpaired) electrons. The highest BCUT2D eigenvalue weighted by molar-refractivity contribution is 9.10. The largest absolute Gasteiger partial charge is 0.503 e. The summed E-state index contributed by atoms with van der Waals surface area (Å²) in [5.74, 6) is 0.328. The fourth-order valence-electron chi connectivity index (χ4n) is 4.46. The van der Waals surface area contributed by atoms with E-state index in [0.717, 1.165) is 11.1 Å². The van der Waals surface area contributed by atoms with Crippen molar-refractivity contribution in [2.45, 2.75) is 19.9 Å². The standard InChI is InChI=1S/C27H22BrNO6/c1-13-9-18-20(10-14(13)2)35-26-22(24(18)30)23(15-11-19(28)25(31)21(12-15)34-4)29(27(26)32)16-5-7-17(33-3)8-6-16/h5-12,23,31H,1-4H3. The second kappa shape index (κ2) is 8.46. The van der Waals surface area contributed by atoms with Crippen molar-refractivity contribution in [2.24, 2.45) is 0 Å². The van der Waals surface area contributed by atoms with Gasteiger partial charge in [0, 0.05) is 5.69 Å². The third-order valence-electron chi connectivity index (χ3n) is 6.42. The van der Waals surface area contributed by atoms with Gasteiger partial charge < -0.3 is 19.0 Å². The predicted molar refractivity (Wildman–Crippen MR) is 136 cm³/mol. The molecule has 1 amide bonds. The van der Waals surface area contributed by atoms with E-state index in [2.05, 4.69) is 15.9 Å². The van der Waals surface area contributed by atoms with Crippen LogP contribution in [0.15, 0.2) is 62.2 Å². The van der Waals surface area contributed by atoms with Crippen LogP contribution in [-0.2, 0) is 0 Å². The predicted octanol–water partition coefficient (Wildman–Crippen LogP) is 5.64. The summed E-state index contributed by atoms with van der Waals surface area (Å²) in [6, 6.07) is 13.1. The molecule has 1 unspecified atom stereocenters. The number of phenols is 1. The van der Waals surface area contributed by atoms with Crippen LogP contribution in [0.3, 0.4) is 0 Å². The highest BCUT2D eigenvalue weighted by atomic mass is 79.9. The number of benzene rings is 3. The minimum absolute atomic E-state index is 0.00487. The molecule has 2 heterocycles. The first kappa shape index (κ1) is 23.0. The summed E-state index contributed by atoms with van der Waals surface area (Å²) in [6.07, 6.45) is 0. The fourth-order valence-corrected chi connectivity index (χ4v) is 4.92. The second-order valence-electron chi connectivity index (χ2n) is 8.44. The molecule has 0 spiro atoms. The molecule has 0 aliphatic carbocycles. The van der Waals surface area contributed by atoms with Crippen molar-refractivity contribution in [1.82, 2.24) is 0 Å². The van der Waals surface area contributed by atoms with Crippen molar-refractivity contribution in [3.63, 3.8) is 0 Å². The van der Waals surface area contributed by atoms with E-state index in [1.807, 2.05) is 13.8 Å². The van der Waals surface area contributed by atoms with Gasteiger partial charge in [0.2, 0.25) is 5.76 Å². The number of fused-ring (bicyclic) bond motifs is 2. The number of aryl methyl sites for hydroxylation is 2. The average molecular weight is 536 g/mol. The molecule has 8 heteroatoms. The lowest BCUT2D eigenvalue weighted by molar-refractivity contribution is 0.0971. The number of carbonyl (C=O) groups excluding carboxylic acids is 1. The molecule has 1 N–H and O–H groups in total. The normalized spacial score (nSPS) is 14.9. The van der Waals surface area contributed by atoms with E-state index in [0.29, 0.717) is 32.4 Å². The highest BCUT2D eigenvalue weighted by Crippen LogP contribution is 2.45. The number of nitrogens with zero attached hydrogens (tertiary/aromatic N) is 1. The SMILES string of the molecule is COc1ccc(N2C(=O)c3oc4cc(C)c(C)cc4c(=O)c3C2c2cc(Br)c(O)c(OC)c2)cc1. The number of methoxy groups -OCH3 is 2. The van der Waals surface area contributed by atoms with Gasteiger partial charge in [-0.15, -0.1) is 0 Å². The molecule has 0 saturated carbocycles. The molecule has 5 rings (SSSR count). The van der Waals surface area contributed by atoms with Gasteiger partial charge in [-0.1, -0.05) is 0 Å². The van der Waals surface area contributed by atoms with Crippen LogP contribution in [-0.4, -0.2) is 25.2 Å². The molecule has 0 fully saturated rings. The van der Waals surface area contributed by atoms with Crippen LogP contribution in [0.4, 0.5) is 5.69 Å². The third kappa shape index (κ3) is 3.56. The Kier molecular flexibility index (Phi) is 5.56. The van der Waals surface area contributed by atoms with Crippen molar-refractivity contribution in [2.75, 3.05) is 19.1 Å². The van der Waals surface area contributed by atoms with Gasteiger partial charge in [0.25, 0.3) is 5.91 Å². The summed E-state index contributed by atoms with van der Waals surface area (Å²) >= 11 is 3.36. The van der Waals surface area contributed by atoms with E-state index in [4.69, 9.17) is 13.9 Å². The summed E-state index contributed by atoms with van der Waals surface area (Å²) in [5.41, 5.74) is 3.37. The first-order valence-electron chi connectivity index (χ1n) is 10.9. The molecule has 4 aromatic rings. The van der Waals surface area contributed by atoms with Gasteiger partial charge >= 0.3 is 0 Å².